The molecule has 1 unspecified atom stereocenters. The lowest BCUT2D eigenvalue weighted by molar-refractivity contribution is 0.471. The first-order chi connectivity index (χ1) is 8.72. The Bertz CT molecular complexity index is 558. The van der Waals surface area contributed by atoms with Crippen molar-refractivity contribution in [1.29, 1.82) is 0 Å². The molecule has 0 radical (unpaired) electrons. The van der Waals surface area contributed by atoms with E-state index in [0.29, 0.717) is 17.4 Å². The van der Waals surface area contributed by atoms with Crippen LogP contribution in [0.3, 0.4) is 0 Å². The highest BCUT2D eigenvalue weighted by atomic mass is 16.3. The normalized spacial score (nSPS) is 18.3. The molecule has 0 heterocycles. The van der Waals surface area contributed by atoms with E-state index in [9.17, 15) is 10.2 Å². The monoisotopic (exact) mass is 240 g/mol. The first-order valence-corrected chi connectivity index (χ1v) is 6.32. The molecule has 0 aromatic heterocycles. The van der Waals surface area contributed by atoms with Crippen molar-refractivity contribution in [1.82, 2.24) is 0 Å². The van der Waals surface area contributed by atoms with E-state index in [1.165, 1.54) is 16.7 Å². The van der Waals surface area contributed by atoms with E-state index < -0.39 is 0 Å². The predicted octanol–water partition coefficient (Wildman–Crippen LogP) is 3.37. The Morgan fingerprint density at radius 2 is 1.56 bits per heavy atom. The molecule has 1 aliphatic carbocycles. The number of aryl methyl sites for hydroxylation is 1. The molecule has 3 rings (SSSR count). The lowest BCUT2D eigenvalue weighted by Crippen LogP contribution is -2.12. The molecule has 2 heteroatoms. The van der Waals surface area contributed by atoms with Crippen LogP contribution in [0.15, 0.2) is 42.5 Å². The summed E-state index contributed by atoms with van der Waals surface area (Å²) >= 11 is 0. The van der Waals surface area contributed by atoms with Crippen LogP contribution in [0.1, 0.15) is 29.0 Å². The van der Waals surface area contributed by atoms with Crippen molar-refractivity contribution in [3.8, 4) is 11.5 Å². The van der Waals surface area contributed by atoms with Crippen LogP contribution in [0.5, 0.6) is 11.5 Å². The van der Waals surface area contributed by atoms with Gasteiger partial charge in [0.1, 0.15) is 11.5 Å². The maximum absolute atomic E-state index is 9.47. The average Bonchev–Trinajstić information content (AvgIpc) is 2.39. The fourth-order valence-corrected chi connectivity index (χ4v) is 2.77. The second-order valence-corrected chi connectivity index (χ2v) is 4.98. The van der Waals surface area contributed by atoms with E-state index in [1.54, 1.807) is 18.2 Å². The zero-order valence-corrected chi connectivity index (χ0v) is 10.1. The highest BCUT2D eigenvalue weighted by Gasteiger charge is 2.20. The van der Waals surface area contributed by atoms with Gasteiger partial charge in [-0.05, 0) is 66.1 Å². The Labute approximate surface area is 107 Å². The highest BCUT2D eigenvalue weighted by Crippen LogP contribution is 2.34. The standard InChI is InChI=1S/C16H16O2/c17-15-6-3-11(4-7-15)12-1-2-14-10-16(18)8-5-13(14)9-12/h3-8,10,12,17-18H,1-2,9H2. The number of phenols is 2. The molecule has 0 fully saturated rings. The van der Waals surface area contributed by atoms with Crippen LogP contribution in [0.25, 0.3) is 0 Å². The molecule has 0 aliphatic heterocycles. The number of rotatable bonds is 1. The van der Waals surface area contributed by atoms with Crippen LogP contribution in [0, 0.1) is 0 Å². The molecule has 2 N–H and O–H groups in total. The second kappa shape index (κ2) is 4.37. The van der Waals surface area contributed by atoms with Gasteiger partial charge >= 0.3 is 0 Å². The van der Waals surface area contributed by atoms with Crippen molar-refractivity contribution < 1.29 is 10.2 Å². The molecule has 18 heavy (non-hydrogen) atoms. The smallest absolute Gasteiger partial charge is 0.115 e. The Kier molecular flexibility index (Phi) is 2.71. The number of aromatic hydroxyl groups is 2. The second-order valence-electron chi connectivity index (χ2n) is 4.98. The number of benzene rings is 2. The van der Waals surface area contributed by atoms with Gasteiger partial charge in [-0.15, -0.1) is 0 Å². The summed E-state index contributed by atoms with van der Waals surface area (Å²) in [4.78, 5) is 0. The van der Waals surface area contributed by atoms with E-state index in [4.69, 9.17) is 0 Å². The summed E-state index contributed by atoms with van der Waals surface area (Å²) in [5, 5.41) is 18.8. The van der Waals surface area contributed by atoms with E-state index in [-0.39, 0.29) is 0 Å². The minimum Gasteiger partial charge on any atom is -0.508 e. The third kappa shape index (κ3) is 2.06. The summed E-state index contributed by atoms with van der Waals surface area (Å²) in [6.45, 7) is 0. The average molecular weight is 240 g/mol. The van der Waals surface area contributed by atoms with Gasteiger partial charge in [-0.2, -0.15) is 0 Å². The third-order valence-corrected chi connectivity index (χ3v) is 3.78. The Morgan fingerprint density at radius 1 is 0.833 bits per heavy atom. The first kappa shape index (κ1) is 11.1. The number of phenolic OH excluding ortho intramolecular Hbond substituents is 2. The van der Waals surface area contributed by atoms with Crippen molar-refractivity contribution in [3.63, 3.8) is 0 Å². The van der Waals surface area contributed by atoms with Gasteiger partial charge in [0.05, 0.1) is 0 Å². The number of hydrogen-bond donors (Lipinski definition) is 2. The van der Waals surface area contributed by atoms with Crippen LogP contribution >= 0.6 is 0 Å². The van der Waals surface area contributed by atoms with Gasteiger partial charge in [0.2, 0.25) is 0 Å². The van der Waals surface area contributed by atoms with Crippen molar-refractivity contribution in [2.75, 3.05) is 0 Å². The van der Waals surface area contributed by atoms with Crippen LogP contribution in [-0.2, 0) is 12.8 Å². The first-order valence-electron chi connectivity index (χ1n) is 6.32. The molecule has 1 atom stereocenters. The van der Waals surface area contributed by atoms with Crippen LogP contribution in [0.2, 0.25) is 0 Å². The van der Waals surface area contributed by atoms with Crippen molar-refractivity contribution in [2.45, 2.75) is 25.2 Å². The Hall–Kier alpha value is -1.96. The van der Waals surface area contributed by atoms with E-state index in [1.807, 2.05) is 24.3 Å². The molecule has 0 amide bonds. The van der Waals surface area contributed by atoms with Crippen LogP contribution in [-0.4, -0.2) is 10.2 Å². The Balaban J connectivity index is 1.86. The van der Waals surface area contributed by atoms with E-state index in [0.717, 1.165) is 19.3 Å². The summed E-state index contributed by atoms with van der Waals surface area (Å²) in [5.74, 6) is 1.19. The molecule has 0 spiro atoms. The molecule has 2 aromatic rings. The zero-order chi connectivity index (χ0) is 12.5. The molecule has 1 aliphatic rings. The largest absolute Gasteiger partial charge is 0.508 e. The fourth-order valence-electron chi connectivity index (χ4n) is 2.77. The maximum atomic E-state index is 9.47. The van der Waals surface area contributed by atoms with Crippen molar-refractivity contribution >= 4 is 0 Å². The number of fused-ring (bicyclic) bond motifs is 1. The molecule has 0 bridgehead atoms. The van der Waals surface area contributed by atoms with Crippen LogP contribution < -0.4 is 0 Å². The quantitative estimate of drug-likeness (QED) is 0.802. The van der Waals surface area contributed by atoms with Crippen LogP contribution in [0.4, 0.5) is 0 Å². The minimum atomic E-state index is 0.319. The molecule has 0 saturated heterocycles. The van der Waals surface area contributed by atoms with Gasteiger partial charge in [0.25, 0.3) is 0 Å². The van der Waals surface area contributed by atoms with Gasteiger partial charge in [-0.3, -0.25) is 0 Å². The molecular formula is C16H16O2. The van der Waals surface area contributed by atoms with E-state index in [2.05, 4.69) is 0 Å². The molecule has 92 valence electrons. The van der Waals surface area contributed by atoms with Gasteiger partial charge in [0.15, 0.2) is 0 Å². The van der Waals surface area contributed by atoms with Gasteiger partial charge in [0, 0.05) is 0 Å². The van der Waals surface area contributed by atoms with Gasteiger partial charge in [-0.1, -0.05) is 18.2 Å². The lowest BCUT2D eigenvalue weighted by Gasteiger charge is -2.25. The highest BCUT2D eigenvalue weighted by molar-refractivity contribution is 5.39. The predicted molar refractivity (Wildman–Crippen MR) is 71.0 cm³/mol. The maximum Gasteiger partial charge on any atom is 0.115 e. The SMILES string of the molecule is Oc1ccc(C2CCc3cc(O)ccc3C2)cc1. The summed E-state index contributed by atoms with van der Waals surface area (Å²) in [7, 11) is 0. The minimum absolute atomic E-state index is 0.319. The zero-order valence-electron chi connectivity index (χ0n) is 10.1. The Morgan fingerprint density at radius 3 is 2.33 bits per heavy atom. The summed E-state index contributed by atoms with van der Waals surface area (Å²) in [5.41, 5.74) is 3.88. The fraction of sp³-hybridized carbons (Fsp3) is 0.250. The lowest BCUT2D eigenvalue weighted by atomic mass is 9.80. The molecule has 2 nitrogen and oxygen atoms in total. The third-order valence-electron chi connectivity index (χ3n) is 3.78. The topological polar surface area (TPSA) is 40.5 Å². The summed E-state index contributed by atoms with van der Waals surface area (Å²) in [6.07, 6.45) is 3.12. The number of hydrogen-bond acceptors (Lipinski definition) is 2. The van der Waals surface area contributed by atoms with Gasteiger partial charge in [-0.25, -0.2) is 0 Å². The van der Waals surface area contributed by atoms with Crippen molar-refractivity contribution in [3.05, 3.63) is 59.2 Å². The van der Waals surface area contributed by atoms with Crippen molar-refractivity contribution in [2.24, 2.45) is 0 Å². The molecule has 0 saturated carbocycles. The summed E-state index contributed by atoms with van der Waals surface area (Å²) in [6, 6.07) is 13.2. The molecule has 2 aromatic carbocycles. The molecular weight excluding hydrogens is 224 g/mol. The van der Waals surface area contributed by atoms with Gasteiger partial charge < -0.3 is 10.2 Å². The summed E-state index contributed by atoms with van der Waals surface area (Å²) < 4.78 is 0. The van der Waals surface area contributed by atoms with E-state index >= 15 is 0 Å².